The first-order valence-electron chi connectivity index (χ1n) is 5.07. The van der Waals surface area contributed by atoms with Crippen LogP contribution in [0.25, 0.3) is 0 Å². The lowest BCUT2D eigenvalue weighted by Crippen LogP contribution is -2.09. The molecule has 0 amide bonds. The molecule has 1 aliphatic rings. The number of fused-ring (bicyclic) bond motifs is 1. The summed E-state index contributed by atoms with van der Waals surface area (Å²) in [5, 5.41) is 0.337. The van der Waals surface area contributed by atoms with E-state index in [1.165, 1.54) is 17.8 Å². The van der Waals surface area contributed by atoms with E-state index < -0.39 is 11.7 Å². The summed E-state index contributed by atoms with van der Waals surface area (Å²) in [6, 6.07) is 3.99. The van der Waals surface area contributed by atoms with Crippen molar-refractivity contribution in [2.24, 2.45) is 5.73 Å². The van der Waals surface area contributed by atoms with Crippen LogP contribution < -0.4 is 5.73 Å². The standard InChI is InChI=1S/C11H12F3NS/c12-11(13,14)8-2-1-7-5-9(3-4-15)16-10(7)6-8/h1-2,6,9H,3-5,15H2. The Morgan fingerprint density at radius 3 is 2.75 bits per heavy atom. The molecule has 0 bridgehead atoms. The molecule has 2 rings (SSSR count). The van der Waals surface area contributed by atoms with Crippen LogP contribution in [-0.2, 0) is 12.6 Å². The minimum absolute atomic E-state index is 0.337. The lowest BCUT2D eigenvalue weighted by molar-refractivity contribution is -0.137. The van der Waals surface area contributed by atoms with Crippen LogP contribution >= 0.6 is 11.8 Å². The highest BCUT2D eigenvalue weighted by atomic mass is 32.2. The summed E-state index contributed by atoms with van der Waals surface area (Å²) in [6.45, 7) is 0.581. The molecule has 2 N–H and O–H groups in total. The summed E-state index contributed by atoms with van der Waals surface area (Å²) < 4.78 is 37.4. The van der Waals surface area contributed by atoms with E-state index in [9.17, 15) is 13.2 Å². The summed E-state index contributed by atoms with van der Waals surface area (Å²) in [6.07, 6.45) is -2.57. The normalized spacial score (nSPS) is 19.9. The SMILES string of the molecule is NCCC1Cc2ccc(C(F)(F)F)cc2S1. The Kier molecular flexibility index (Phi) is 3.17. The van der Waals surface area contributed by atoms with E-state index >= 15 is 0 Å². The maximum Gasteiger partial charge on any atom is 0.416 e. The number of hydrogen-bond donors (Lipinski definition) is 1. The number of halogens is 3. The van der Waals surface area contributed by atoms with Gasteiger partial charge in [-0.3, -0.25) is 0 Å². The quantitative estimate of drug-likeness (QED) is 0.869. The Hall–Kier alpha value is -0.680. The molecule has 1 aromatic carbocycles. The topological polar surface area (TPSA) is 26.0 Å². The van der Waals surface area contributed by atoms with Gasteiger partial charge in [0.25, 0.3) is 0 Å². The van der Waals surface area contributed by atoms with Crippen LogP contribution in [-0.4, -0.2) is 11.8 Å². The van der Waals surface area contributed by atoms with Gasteiger partial charge in [0.2, 0.25) is 0 Å². The van der Waals surface area contributed by atoms with Gasteiger partial charge in [0.1, 0.15) is 0 Å². The Morgan fingerprint density at radius 2 is 2.12 bits per heavy atom. The molecule has 0 saturated carbocycles. The lowest BCUT2D eigenvalue weighted by Gasteiger charge is -2.07. The maximum absolute atomic E-state index is 12.5. The number of nitrogens with two attached hydrogens (primary N) is 1. The van der Waals surface area contributed by atoms with Gasteiger partial charge in [0, 0.05) is 10.1 Å². The van der Waals surface area contributed by atoms with Crippen LogP contribution in [0.15, 0.2) is 23.1 Å². The van der Waals surface area contributed by atoms with Crippen LogP contribution in [0.5, 0.6) is 0 Å². The molecule has 88 valence electrons. The predicted octanol–water partition coefficient (Wildman–Crippen LogP) is 3.07. The predicted molar refractivity (Wildman–Crippen MR) is 58.5 cm³/mol. The van der Waals surface area contributed by atoms with Crippen molar-refractivity contribution in [2.45, 2.75) is 29.2 Å². The van der Waals surface area contributed by atoms with Gasteiger partial charge in [-0.2, -0.15) is 13.2 Å². The fourth-order valence-electron chi connectivity index (χ4n) is 1.82. The third-order valence-electron chi connectivity index (χ3n) is 2.62. The van der Waals surface area contributed by atoms with Crippen molar-refractivity contribution in [2.75, 3.05) is 6.54 Å². The average molecular weight is 247 g/mol. The molecule has 1 aliphatic heterocycles. The molecule has 16 heavy (non-hydrogen) atoms. The first-order chi connectivity index (χ1) is 7.50. The zero-order chi connectivity index (χ0) is 11.8. The molecule has 0 saturated heterocycles. The van der Waals surface area contributed by atoms with Crippen molar-refractivity contribution in [1.29, 1.82) is 0 Å². The number of alkyl halides is 3. The van der Waals surface area contributed by atoms with Crippen LogP contribution in [0.3, 0.4) is 0 Å². The van der Waals surface area contributed by atoms with Gasteiger partial charge in [-0.15, -0.1) is 11.8 Å². The Labute approximate surface area is 96.2 Å². The van der Waals surface area contributed by atoms with E-state index in [0.717, 1.165) is 29.4 Å². The van der Waals surface area contributed by atoms with Crippen molar-refractivity contribution < 1.29 is 13.2 Å². The third-order valence-corrected chi connectivity index (χ3v) is 3.99. The molecule has 0 radical (unpaired) electrons. The third kappa shape index (κ3) is 2.35. The minimum atomic E-state index is -4.25. The van der Waals surface area contributed by atoms with Crippen LogP contribution in [0, 0.1) is 0 Å². The van der Waals surface area contributed by atoms with Crippen molar-refractivity contribution in [3.63, 3.8) is 0 Å². The molecule has 1 heterocycles. The van der Waals surface area contributed by atoms with Crippen molar-refractivity contribution in [3.8, 4) is 0 Å². The van der Waals surface area contributed by atoms with E-state index in [4.69, 9.17) is 5.73 Å². The number of rotatable bonds is 2. The molecule has 1 nitrogen and oxygen atoms in total. The minimum Gasteiger partial charge on any atom is -0.330 e. The van der Waals surface area contributed by atoms with E-state index in [2.05, 4.69) is 0 Å². The fraction of sp³-hybridized carbons (Fsp3) is 0.455. The van der Waals surface area contributed by atoms with E-state index in [-0.39, 0.29) is 0 Å². The van der Waals surface area contributed by atoms with Crippen LogP contribution in [0.1, 0.15) is 17.5 Å². The second-order valence-electron chi connectivity index (χ2n) is 3.84. The highest BCUT2D eigenvalue weighted by molar-refractivity contribution is 8.00. The van der Waals surface area contributed by atoms with Gasteiger partial charge < -0.3 is 5.73 Å². The smallest absolute Gasteiger partial charge is 0.330 e. The highest BCUT2D eigenvalue weighted by Gasteiger charge is 2.32. The molecule has 0 aliphatic carbocycles. The summed E-state index contributed by atoms with van der Waals surface area (Å²) in [7, 11) is 0. The first-order valence-corrected chi connectivity index (χ1v) is 5.95. The van der Waals surface area contributed by atoms with Gasteiger partial charge in [0.15, 0.2) is 0 Å². The Balaban J connectivity index is 2.21. The van der Waals surface area contributed by atoms with Crippen molar-refractivity contribution in [3.05, 3.63) is 29.3 Å². The molecular weight excluding hydrogens is 235 g/mol. The van der Waals surface area contributed by atoms with E-state index in [1.54, 1.807) is 6.07 Å². The van der Waals surface area contributed by atoms with E-state index in [1.807, 2.05) is 0 Å². The summed E-state index contributed by atoms with van der Waals surface area (Å²) in [4.78, 5) is 0.758. The van der Waals surface area contributed by atoms with Gasteiger partial charge in [-0.1, -0.05) is 6.07 Å². The molecule has 0 spiro atoms. The van der Waals surface area contributed by atoms with Gasteiger partial charge in [-0.25, -0.2) is 0 Å². The first kappa shape index (κ1) is 11.8. The maximum atomic E-state index is 12.5. The number of thioether (sulfide) groups is 1. The zero-order valence-electron chi connectivity index (χ0n) is 8.55. The second kappa shape index (κ2) is 4.30. The van der Waals surface area contributed by atoms with Crippen LogP contribution in [0.2, 0.25) is 0 Å². The summed E-state index contributed by atoms with van der Waals surface area (Å²) in [5.74, 6) is 0. The average Bonchev–Trinajstić information content (AvgIpc) is 2.57. The Bertz CT molecular complexity index is 389. The largest absolute Gasteiger partial charge is 0.416 e. The fourth-order valence-corrected chi connectivity index (χ4v) is 3.20. The highest BCUT2D eigenvalue weighted by Crippen LogP contribution is 2.41. The number of benzene rings is 1. The van der Waals surface area contributed by atoms with Crippen LogP contribution in [0.4, 0.5) is 13.2 Å². The molecular formula is C11H12F3NS. The molecule has 1 atom stereocenters. The van der Waals surface area contributed by atoms with Gasteiger partial charge in [0.05, 0.1) is 5.56 Å². The second-order valence-corrected chi connectivity index (χ2v) is 5.18. The molecule has 0 fully saturated rings. The molecule has 1 aromatic rings. The zero-order valence-corrected chi connectivity index (χ0v) is 9.37. The van der Waals surface area contributed by atoms with Gasteiger partial charge >= 0.3 is 6.18 Å². The lowest BCUT2D eigenvalue weighted by atomic mass is 10.1. The Morgan fingerprint density at radius 1 is 1.38 bits per heavy atom. The van der Waals surface area contributed by atoms with Gasteiger partial charge in [-0.05, 0) is 37.1 Å². The summed E-state index contributed by atoms with van der Waals surface area (Å²) >= 11 is 1.51. The summed E-state index contributed by atoms with van der Waals surface area (Å²) in [5.41, 5.74) is 5.90. The molecule has 5 heteroatoms. The van der Waals surface area contributed by atoms with E-state index in [0.29, 0.717) is 11.8 Å². The van der Waals surface area contributed by atoms with Crippen molar-refractivity contribution in [1.82, 2.24) is 0 Å². The monoisotopic (exact) mass is 247 g/mol. The molecule has 0 aromatic heterocycles. The number of hydrogen-bond acceptors (Lipinski definition) is 2. The van der Waals surface area contributed by atoms with Crippen molar-refractivity contribution >= 4 is 11.8 Å². The molecule has 1 unspecified atom stereocenters.